The van der Waals surface area contributed by atoms with Crippen molar-refractivity contribution < 1.29 is 9.53 Å². The molecule has 0 aromatic heterocycles. The van der Waals surface area contributed by atoms with E-state index in [1.807, 2.05) is 29.2 Å². The Kier molecular flexibility index (Phi) is 5.12. The molecule has 2 N–H and O–H groups in total. The Morgan fingerprint density at radius 1 is 1.29 bits per heavy atom. The Labute approximate surface area is 132 Å². The number of likely N-dealkylation sites (tertiary alicyclic amines) is 1. The summed E-state index contributed by atoms with van der Waals surface area (Å²) < 4.78 is 5.29. The van der Waals surface area contributed by atoms with E-state index in [-0.39, 0.29) is 24.4 Å². The lowest BCUT2D eigenvalue weighted by atomic mass is 9.78. The van der Waals surface area contributed by atoms with Crippen molar-refractivity contribution in [1.82, 2.24) is 4.90 Å². The molecule has 5 heteroatoms. The summed E-state index contributed by atoms with van der Waals surface area (Å²) >= 11 is 0. The van der Waals surface area contributed by atoms with Gasteiger partial charge in [-0.15, -0.1) is 12.4 Å². The molecular weight excluding hydrogens is 288 g/mol. The number of methoxy groups -OCH3 is 1. The summed E-state index contributed by atoms with van der Waals surface area (Å²) in [5, 5.41) is 0. The normalized spacial score (nSPS) is 27.7. The summed E-state index contributed by atoms with van der Waals surface area (Å²) in [6, 6.07) is 7.69. The molecule has 0 radical (unpaired) electrons. The van der Waals surface area contributed by atoms with Crippen LogP contribution in [-0.4, -0.2) is 37.0 Å². The fourth-order valence-electron chi connectivity index (χ4n) is 3.67. The van der Waals surface area contributed by atoms with Gasteiger partial charge in [0.25, 0.3) is 5.91 Å². The summed E-state index contributed by atoms with van der Waals surface area (Å²) in [6.07, 6.45) is 3.49. The fourth-order valence-corrected chi connectivity index (χ4v) is 3.67. The van der Waals surface area contributed by atoms with Crippen LogP contribution in [0.4, 0.5) is 0 Å². The van der Waals surface area contributed by atoms with Crippen LogP contribution in [0.25, 0.3) is 0 Å². The predicted molar refractivity (Wildman–Crippen MR) is 85.0 cm³/mol. The Morgan fingerprint density at radius 3 is 2.76 bits per heavy atom. The van der Waals surface area contributed by atoms with Crippen LogP contribution in [0.15, 0.2) is 24.3 Å². The van der Waals surface area contributed by atoms with E-state index in [1.54, 1.807) is 7.11 Å². The first-order valence-corrected chi connectivity index (χ1v) is 7.38. The van der Waals surface area contributed by atoms with Crippen molar-refractivity contribution in [3.8, 4) is 5.75 Å². The lowest BCUT2D eigenvalue weighted by molar-refractivity contribution is 0.0780. The van der Waals surface area contributed by atoms with E-state index in [0.29, 0.717) is 23.1 Å². The number of nitrogens with two attached hydrogens (primary N) is 1. The highest BCUT2D eigenvalue weighted by molar-refractivity contribution is 5.97. The third kappa shape index (κ3) is 3.01. The molecule has 3 rings (SSSR count). The quantitative estimate of drug-likeness (QED) is 0.912. The lowest BCUT2D eigenvalue weighted by Gasteiger charge is -2.29. The molecule has 0 spiro atoms. The Balaban J connectivity index is 0.00000161. The minimum absolute atomic E-state index is 0. The number of benzene rings is 1. The van der Waals surface area contributed by atoms with Crippen molar-refractivity contribution in [2.45, 2.75) is 25.3 Å². The summed E-state index contributed by atoms with van der Waals surface area (Å²) in [6.45, 7) is 1.64. The highest BCUT2D eigenvalue weighted by atomic mass is 35.5. The molecule has 2 aliphatic rings. The third-order valence-corrected chi connectivity index (χ3v) is 4.78. The average Bonchev–Trinajstić information content (AvgIpc) is 2.92. The summed E-state index contributed by atoms with van der Waals surface area (Å²) in [7, 11) is 1.60. The number of hydrogen-bond acceptors (Lipinski definition) is 3. The highest BCUT2D eigenvalue weighted by Gasteiger charge is 2.40. The van der Waals surface area contributed by atoms with Crippen LogP contribution < -0.4 is 10.5 Å². The molecule has 0 bridgehead atoms. The number of amides is 1. The first-order chi connectivity index (χ1) is 9.70. The van der Waals surface area contributed by atoms with Gasteiger partial charge in [0, 0.05) is 19.1 Å². The number of ether oxygens (including phenoxy) is 1. The molecule has 1 aromatic rings. The first-order valence-electron chi connectivity index (χ1n) is 7.38. The zero-order valence-electron chi connectivity index (χ0n) is 12.3. The maximum absolute atomic E-state index is 12.7. The third-order valence-electron chi connectivity index (χ3n) is 4.78. The van der Waals surface area contributed by atoms with Crippen molar-refractivity contribution in [2.24, 2.45) is 17.6 Å². The zero-order valence-corrected chi connectivity index (χ0v) is 13.1. The van der Waals surface area contributed by atoms with Gasteiger partial charge in [0.05, 0.1) is 12.7 Å². The summed E-state index contributed by atoms with van der Waals surface area (Å²) in [4.78, 5) is 14.6. The van der Waals surface area contributed by atoms with Gasteiger partial charge in [-0.05, 0) is 36.8 Å². The molecule has 1 amide bonds. The van der Waals surface area contributed by atoms with Crippen LogP contribution in [0.1, 0.15) is 29.6 Å². The molecule has 4 nitrogen and oxygen atoms in total. The number of nitrogens with zero attached hydrogens (tertiary/aromatic N) is 1. The van der Waals surface area contributed by atoms with E-state index < -0.39 is 0 Å². The molecular formula is C16H23ClN2O2. The van der Waals surface area contributed by atoms with Crippen molar-refractivity contribution in [3.05, 3.63) is 29.8 Å². The number of rotatable bonds is 2. The second-order valence-corrected chi connectivity index (χ2v) is 5.93. The van der Waals surface area contributed by atoms with E-state index in [9.17, 15) is 4.79 Å². The highest BCUT2D eigenvalue weighted by Crippen LogP contribution is 2.36. The minimum Gasteiger partial charge on any atom is -0.496 e. The molecule has 1 saturated carbocycles. The average molecular weight is 311 g/mol. The summed E-state index contributed by atoms with van der Waals surface area (Å²) in [5.74, 6) is 1.78. The standard InChI is InChI=1S/C16H22N2O2.ClH/c1-20-15-8-3-2-6-12(15)16(19)18-9-11-5-4-7-14(17)13(11)10-18;/h2-3,6,8,11,13-14H,4-5,7,9-10,17H2,1H3;1H. The number of para-hydroxylation sites is 1. The maximum Gasteiger partial charge on any atom is 0.257 e. The van der Waals surface area contributed by atoms with Gasteiger partial charge >= 0.3 is 0 Å². The first kappa shape index (κ1) is 16.1. The second-order valence-electron chi connectivity index (χ2n) is 5.93. The van der Waals surface area contributed by atoms with Gasteiger partial charge in [-0.2, -0.15) is 0 Å². The molecule has 1 aliphatic carbocycles. The SMILES string of the molecule is COc1ccccc1C(=O)N1CC2CCCC(N)C2C1.Cl. The molecule has 1 heterocycles. The topological polar surface area (TPSA) is 55.6 Å². The molecule has 3 atom stereocenters. The van der Waals surface area contributed by atoms with E-state index in [2.05, 4.69) is 0 Å². The van der Waals surface area contributed by atoms with Crippen LogP contribution in [0.3, 0.4) is 0 Å². The van der Waals surface area contributed by atoms with Gasteiger partial charge in [0.15, 0.2) is 0 Å². The van der Waals surface area contributed by atoms with E-state index in [1.165, 1.54) is 12.8 Å². The van der Waals surface area contributed by atoms with Gasteiger partial charge in [-0.1, -0.05) is 18.6 Å². The van der Waals surface area contributed by atoms with Crippen molar-refractivity contribution in [3.63, 3.8) is 0 Å². The number of fused-ring (bicyclic) bond motifs is 1. The van der Waals surface area contributed by atoms with Gasteiger partial charge in [0.1, 0.15) is 5.75 Å². The van der Waals surface area contributed by atoms with Crippen LogP contribution in [0.2, 0.25) is 0 Å². The Bertz CT molecular complexity index is 509. The molecule has 2 fully saturated rings. The largest absolute Gasteiger partial charge is 0.496 e. The van der Waals surface area contributed by atoms with E-state index in [0.717, 1.165) is 19.5 Å². The number of halogens is 1. The predicted octanol–water partition coefficient (Wildman–Crippen LogP) is 2.32. The van der Waals surface area contributed by atoms with Gasteiger partial charge in [-0.25, -0.2) is 0 Å². The number of carbonyl (C=O) groups is 1. The zero-order chi connectivity index (χ0) is 14.1. The number of carbonyl (C=O) groups excluding carboxylic acids is 1. The lowest BCUT2D eigenvalue weighted by Crippen LogP contribution is -2.38. The molecule has 1 aromatic carbocycles. The van der Waals surface area contributed by atoms with Crippen molar-refractivity contribution >= 4 is 18.3 Å². The second kappa shape index (κ2) is 6.67. The molecule has 116 valence electrons. The smallest absolute Gasteiger partial charge is 0.257 e. The molecule has 1 aliphatic heterocycles. The fraction of sp³-hybridized carbons (Fsp3) is 0.562. The summed E-state index contributed by atoms with van der Waals surface area (Å²) in [5.41, 5.74) is 6.87. The monoisotopic (exact) mass is 310 g/mol. The van der Waals surface area contributed by atoms with Crippen molar-refractivity contribution in [1.29, 1.82) is 0 Å². The minimum atomic E-state index is 0. The maximum atomic E-state index is 12.7. The van der Waals surface area contributed by atoms with Crippen LogP contribution in [0.5, 0.6) is 5.75 Å². The van der Waals surface area contributed by atoms with Crippen LogP contribution in [0, 0.1) is 11.8 Å². The van der Waals surface area contributed by atoms with Gasteiger partial charge in [-0.3, -0.25) is 4.79 Å². The van der Waals surface area contributed by atoms with Crippen molar-refractivity contribution in [2.75, 3.05) is 20.2 Å². The Hall–Kier alpha value is -1.26. The van der Waals surface area contributed by atoms with E-state index >= 15 is 0 Å². The molecule has 3 unspecified atom stereocenters. The molecule has 21 heavy (non-hydrogen) atoms. The van der Waals surface area contributed by atoms with Gasteiger partial charge < -0.3 is 15.4 Å². The van der Waals surface area contributed by atoms with Crippen LogP contribution in [-0.2, 0) is 0 Å². The van der Waals surface area contributed by atoms with E-state index in [4.69, 9.17) is 10.5 Å². The van der Waals surface area contributed by atoms with Crippen LogP contribution >= 0.6 is 12.4 Å². The van der Waals surface area contributed by atoms with Gasteiger partial charge in [0.2, 0.25) is 0 Å². The Morgan fingerprint density at radius 2 is 2.05 bits per heavy atom. The number of hydrogen-bond donors (Lipinski definition) is 1. The molecule has 1 saturated heterocycles.